The maximum Gasteiger partial charge on any atom is 0.275 e. The molecule has 1 aliphatic rings. The van der Waals surface area contributed by atoms with Gasteiger partial charge >= 0.3 is 0 Å². The third-order valence-corrected chi connectivity index (χ3v) is 4.76. The second-order valence-electron chi connectivity index (χ2n) is 5.77. The van der Waals surface area contributed by atoms with Gasteiger partial charge < -0.3 is 15.5 Å². The van der Waals surface area contributed by atoms with E-state index in [-0.39, 0.29) is 5.91 Å². The molecule has 0 bridgehead atoms. The van der Waals surface area contributed by atoms with Crippen LogP contribution in [0.1, 0.15) is 16.8 Å². The number of thiazole rings is 1. The zero-order valence-electron chi connectivity index (χ0n) is 12.9. The predicted molar refractivity (Wildman–Crippen MR) is 88.7 cm³/mol. The summed E-state index contributed by atoms with van der Waals surface area (Å²) in [5.74, 6) is 0.130. The molecule has 1 atom stereocenters. The van der Waals surface area contributed by atoms with Gasteiger partial charge in [-0.25, -0.2) is 4.98 Å². The van der Waals surface area contributed by atoms with Crippen molar-refractivity contribution in [2.24, 2.45) is 0 Å². The van der Waals surface area contributed by atoms with Crippen molar-refractivity contribution in [3.05, 3.63) is 40.4 Å². The van der Waals surface area contributed by atoms with Crippen molar-refractivity contribution in [1.29, 1.82) is 0 Å². The summed E-state index contributed by atoms with van der Waals surface area (Å²) in [5.41, 5.74) is 4.66. The van der Waals surface area contributed by atoms with Gasteiger partial charge in [0.25, 0.3) is 5.91 Å². The van der Waals surface area contributed by atoms with Crippen LogP contribution < -0.4 is 15.5 Å². The molecular formula is C16H21N4OS+. The van der Waals surface area contributed by atoms with Gasteiger partial charge in [-0.3, -0.25) is 4.79 Å². The SMILES string of the molecule is Cc1ccc(Nc2nc(C[NH+]3CCNC(=O)C3)cs2)cc1C. The number of quaternary nitrogens is 1. The minimum Gasteiger partial charge on any atom is -0.346 e. The fourth-order valence-corrected chi connectivity index (χ4v) is 3.28. The predicted octanol–water partition coefficient (Wildman–Crippen LogP) is 1.02. The molecule has 3 N–H and O–H groups in total. The minimum absolute atomic E-state index is 0.130. The van der Waals surface area contributed by atoms with Gasteiger partial charge in [0.05, 0.1) is 13.1 Å². The molecule has 1 amide bonds. The van der Waals surface area contributed by atoms with E-state index < -0.39 is 0 Å². The van der Waals surface area contributed by atoms with Crippen LogP contribution in [0.25, 0.3) is 0 Å². The number of carbonyl (C=O) groups excluding carboxylic acids is 1. The summed E-state index contributed by atoms with van der Waals surface area (Å²) in [4.78, 5) is 17.3. The van der Waals surface area contributed by atoms with Crippen LogP contribution in [0.5, 0.6) is 0 Å². The third kappa shape index (κ3) is 3.64. The van der Waals surface area contributed by atoms with Crippen molar-refractivity contribution in [2.75, 3.05) is 25.0 Å². The largest absolute Gasteiger partial charge is 0.346 e. The molecule has 6 heteroatoms. The molecule has 2 aromatic rings. The van der Waals surface area contributed by atoms with E-state index in [4.69, 9.17) is 0 Å². The van der Waals surface area contributed by atoms with E-state index in [1.807, 2.05) is 0 Å². The summed E-state index contributed by atoms with van der Waals surface area (Å²) in [7, 11) is 0. The number of amides is 1. The van der Waals surface area contributed by atoms with Crippen LogP contribution in [0.3, 0.4) is 0 Å². The average molecular weight is 317 g/mol. The number of hydrogen-bond acceptors (Lipinski definition) is 4. The first-order chi connectivity index (χ1) is 10.6. The second-order valence-corrected chi connectivity index (χ2v) is 6.63. The number of piperazine rings is 1. The van der Waals surface area contributed by atoms with Crippen molar-refractivity contribution in [2.45, 2.75) is 20.4 Å². The molecule has 0 aliphatic carbocycles. The molecule has 2 heterocycles. The third-order valence-electron chi connectivity index (χ3n) is 3.95. The molecule has 1 aromatic carbocycles. The maximum absolute atomic E-state index is 11.4. The van der Waals surface area contributed by atoms with Gasteiger partial charge in [-0.05, 0) is 37.1 Å². The molecular weight excluding hydrogens is 296 g/mol. The number of aromatic nitrogens is 1. The van der Waals surface area contributed by atoms with Crippen LogP contribution in [0, 0.1) is 13.8 Å². The smallest absolute Gasteiger partial charge is 0.275 e. The number of anilines is 2. The number of carbonyl (C=O) groups is 1. The molecule has 1 unspecified atom stereocenters. The first kappa shape index (κ1) is 15.0. The van der Waals surface area contributed by atoms with Crippen molar-refractivity contribution < 1.29 is 9.69 Å². The van der Waals surface area contributed by atoms with Crippen LogP contribution in [0.4, 0.5) is 10.8 Å². The van der Waals surface area contributed by atoms with E-state index in [1.165, 1.54) is 16.0 Å². The normalized spacial score (nSPS) is 18.1. The van der Waals surface area contributed by atoms with Crippen LogP contribution >= 0.6 is 11.3 Å². The monoisotopic (exact) mass is 317 g/mol. The fourth-order valence-electron chi connectivity index (χ4n) is 2.55. The Hall–Kier alpha value is -1.92. The molecule has 3 rings (SSSR count). The Bertz CT molecular complexity index is 683. The van der Waals surface area contributed by atoms with Crippen molar-refractivity contribution >= 4 is 28.1 Å². The van der Waals surface area contributed by atoms with Gasteiger partial charge in [0.15, 0.2) is 11.7 Å². The van der Waals surface area contributed by atoms with Crippen LogP contribution in [0.15, 0.2) is 23.6 Å². The summed E-state index contributed by atoms with van der Waals surface area (Å²) < 4.78 is 0. The summed E-state index contributed by atoms with van der Waals surface area (Å²) in [6.45, 7) is 7.28. The summed E-state index contributed by atoms with van der Waals surface area (Å²) in [5, 5.41) is 9.19. The molecule has 0 radical (unpaired) electrons. The Labute approximate surface area is 134 Å². The van der Waals surface area contributed by atoms with Crippen LogP contribution in [0.2, 0.25) is 0 Å². The number of aryl methyl sites for hydroxylation is 2. The first-order valence-corrected chi connectivity index (χ1v) is 8.37. The fraction of sp³-hybridized carbons (Fsp3) is 0.375. The lowest BCUT2D eigenvalue weighted by atomic mass is 10.1. The number of rotatable bonds is 4. The van der Waals surface area contributed by atoms with Gasteiger partial charge in [-0.1, -0.05) is 6.07 Å². The van der Waals surface area contributed by atoms with E-state index in [1.54, 1.807) is 11.3 Å². The molecule has 1 saturated heterocycles. The minimum atomic E-state index is 0.130. The lowest BCUT2D eigenvalue weighted by Gasteiger charge is -2.22. The Morgan fingerprint density at radius 3 is 3.00 bits per heavy atom. The molecule has 1 aliphatic heterocycles. The van der Waals surface area contributed by atoms with Gasteiger partial charge in [0, 0.05) is 11.1 Å². The number of nitrogens with one attached hydrogen (secondary N) is 3. The Morgan fingerprint density at radius 2 is 2.23 bits per heavy atom. The average Bonchev–Trinajstić information content (AvgIpc) is 2.90. The van der Waals surface area contributed by atoms with Crippen LogP contribution in [-0.4, -0.2) is 30.5 Å². The van der Waals surface area contributed by atoms with Gasteiger partial charge in [0.1, 0.15) is 12.2 Å². The first-order valence-electron chi connectivity index (χ1n) is 7.49. The zero-order valence-corrected chi connectivity index (χ0v) is 13.7. The highest BCUT2D eigenvalue weighted by molar-refractivity contribution is 7.13. The van der Waals surface area contributed by atoms with Gasteiger partial charge in [0.2, 0.25) is 0 Å². The molecule has 116 valence electrons. The molecule has 0 saturated carbocycles. The molecule has 1 aromatic heterocycles. The number of nitrogens with zero attached hydrogens (tertiary/aromatic N) is 1. The highest BCUT2D eigenvalue weighted by Crippen LogP contribution is 2.22. The number of benzene rings is 1. The van der Waals surface area contributed by atoms with Crippen LogP contribution in [-0.2, 0) is 11.3 Å². The lowest BCUT2D eigenvalue weighted by molar-refractivity contribution is -0.907. The molecule has 22 heavy (non-hydrogen) atoms. The van der Waals surface area contributed by atoms with Gasteiger partial charge in [-0.15, -0.1) is 11.3 Å². The maximum atomic E-state index is 11.4. The zero-order chi connectivity index (χ0) is 15.5. The van der Waals surface area contributed by atoms with Crippen molar-refractivity contribution in [3.8, 4) is 0 Å². The highest BCUT2D eigenvalue weighted by Gasteiger charge is 2.20. The number of hydrogen-bond donors (Lipinski definition) is 3. The molecule has 1 fully saturated rings. The lowest BCUT2D eigenvalue weighted by Crippen LogP contribution is -3.14. The topological polar surface area (TPSA) is 58.5 Å². The summed E-state index contributed by atoms with van der Waals surface area (Å²) in [6.07, 6.45) is 0. The summed E-state index contributed by atoms with van der Waals surface area (Å²) in [6, 6.07) is 6.32. The van der Waals surface area contributed by atoms with E-state index in [0.29, 0.717) is 6.54 Å². The molecule has 5 nitrogen and oxygen atoms in total. The van der Waals surface area contributed by atoms with E-state index in [2.05, 4.69) is 53.0 Å². The Balaban J connectivity index is 1.63. The second kappa shape index (κ2) is 6.46. The quantitative estimate of drug-likeness (QED) is 0.789. The Kier molecular flexibility index (Phi) is 4.40. The summed E-state index contributed by atoms with van der Waals surface area (Å²) >= 11 is 1.61. The highest BCUT2D eigenvalue weighted by atomic mass is 32.1. The van der Waals surface area contributed by atoms with Crippen molar-refractivity contribution in [1.82, 2.24) is 10.3 Å². The van der Waals surface area contributed by atoms with E-state index >= 15 is 0 Å². The molecule has 0 spiro atoms. The standard InChI is InChI=1S/C16H20N4OS/c1-11-3-4-13(7-12(11)2)18-16-19-14(10-22-16)8-20-6-5-17-15(21)9-20/h3-4,7,10H,5-6,8-9H2,1-2H3,(H,17,21)(H,18,19)/p+1. The van der Waals surface area contributed by atoms with E-state index in [0.717, 1.165) is 36.1 Å². The Morgan fingerprint density at radius 1 is 1.36 bits per heavy atom. The van der Waals surface area contributed by atoms with E-state index in [9.17, 15) is 4.79 Å². The van der Waals surface area contributed by atoms with Gasteiger partial charge in [-0.2, -0.15) is 0 Å². The van der Waals surface area contributed by atoms with Crippen molar-refractivity contribution in [3.63, 3.8) is 0 Å².